The molecule has 2 aromatic heterocycles. The van der Waals surface area contributed by atoms with E-state index >= 15 is 0 Å². The van der Waals surface area contributed by atoms with Gasteiger partial charge in [0.25, 0.3) is 0 Å². The number of aromatic nitrogens is 2. The zero-order chi connectivity index (χ0) is 26.8. The molecule has 1 fully saturated rings. The molecule has 0 spiro atoms. The molecule has 0 aliphatic carbocycles. The fourth-order valence-corrected chi connectivity index (χ4v) is 4.66. The lowest BCUT2D eigenvalue weighted by molar-refractivity contribution is -0.278. The predicted molar refractivity (Wildman–Crippen MR) is 142 cm³/mol. The van der Waals surface area contributed by atoms with Crippen molar-refractivity contribution in [1.29, 1.82) is 0 Å². The summed E-state index contributed by atoms with van der Waals surface area (Å²) in [5, 5.41) is 10.3. The van der Waals surface area contributed by atoms with Gasteiger partial charge in [0.2, 0.25) is 5.89 Å². The molecular weight excluding hydrogens is 472 g/mol. The molecule has 37 heavy (non-hydrogen) atoms. The van der Waals surface area contributed by atoms with E-state index in [2.05, 4.69) is 54.2 Å². The number of aryl methyl sites for hydroxylation is 1. The van der Waals surface area contributed by atoms with Crippen molar-refractivity contribution in [2.45, 2.75) is 90.3 Å². The fraction of sp³-hybridized carbons (Fsp3) is 0.586. The minimum atomic E-state index is -0.817. The number of nitrogens with zero attached hydrogens (tertiary/aromatic N) is 2. The van der Waals surface area contributed by atoms with Gasteiger partial charge < -0.3 is 28.2 Å². The highest BCUT2D eigenvalue weighted by molar-refractivity contribution is 5.44. The number of ether oxygens (including phenoxy) is 3. The van der Waals surface area contributed by atoms with Gasteiger partial charge in [-0.2, -0.15) is 0 Å². The first kappa shape index (κ1) is 29.0. The van der Waals surface area contributed by atoms with Crippen molar-refractivity contribution in [3.05, 3.63) is 60.1 Å². The van der Waals surface area contributed by atoms with Crippen LogP contribution in [0.3, 0.4) is 0 Å². The standard InChI is InChI=1S/C29H42N2O6/c1-7-11-20(2)14-21(3)12-9-8-10-13-27-30-25(19-35-27)28-31-24(18-36-28)26(33-5)16-23-15-22(32)17-29(4,34-6)37-23/h7-9,11,14,18-20,22-23,26,32H,10,12-13,15-17H2,1-6H3/b9-8+,11-7+,21-14-/t20-,22-,23+,26+,29+/m0/s1. The van der Waals surface area contributed by atoms with Crippen LogP contribution >= 0.6 is 0 Å². The largest absolute Gasteiger partial charge is 0.448 e. The summed E-state index contributed by atoms with van der Waals surface area (Å²) in [6, 6.07) is 0. The number of oxazole rings is 2. The molecule has 3 heterocycles. The van der Waals surface area contributed by atoms with Gasteiger partial charge >= 0.3 is 0 Å². The number of hydrogen-bond donors (Lipinski definition) is 1. The van der Waals surface area contributed by atoms with E-state index in [0.717, 1.165) is 12.8 Å². The summed E-state index contributed by atoms with van der Waals surface area (Å²) in [6.45, 7) is 8.23. The molecule has 204 valence electrons. The molecular formula is C29H42N2O6. The van der Waals surface area contributed by atoms with Crippen LogP contribution in [-0.4, -0.2) is 47.3 Å². The van der Waals surface area contributed by atoms with Crippen LogP contribution in [0.1, 0.15) is 77.5 Å². The van der Waals surface area contributed by atoms with Crippen molar-refractivity contribution in [2.75, 3.05) is 14.2 Å². The SMILES string of the molecule is C/C=C/[C@H](C)/C=C(/C)C/C=C/CCc1nc(-c2nc([C@@H](C[C@H]3C[C@H](O)C[C@](C)(OC)O3)OC)co2)co1. The fourth-order valence-electron chi connectivity index (χ4n) is 4.66. The Morgan fingerprint density at radius 3 is 2.78 bits per heavy atom. The molecule has 1 saturated heterocycles. The van der Waals surface area contributed by atoms with Crippen molar-refractivity contribution < 1.29 is 28.2 Å². The third-order valence-electron chi connectivity index (χ3n) is 6.55. The van der Waals surface area contributed by atoms with Gasteiger partial charge in [0.1, 0.15) is 24.3 Å². The molecule has 0 radical (unpaired) electrons. The number of allylic oxidation sites excluding steroid dienone is 6. The van der Waals surface area contributed by atoms with E-state index in [1.54, 1.807) is 26.7 Å². The van der Waals surface area contributed by atoms with Crippen LogP contribution in [0.2, 0.25) is 0 Å². The summed E-state index contributed by atoms with van der Waals surface area (Å²) < 4.78 is 28.5. The molecule has 0 bridgehead atoms. The van der Waals surface area contributed by atoms with E-state index < -0.39 is 11.9 Å². The van der Waals surface area contributed by atoms with E-state index in [0.29, 0.717) is 54.8 Å². The maximum absolute atomic E-state index is 10.3. The van der Waals surface area contributed by atoms with Crippen LogP contribution in [0.25, 0.3) is 11.6 Å². The first-order chi connectivity index (χ1) is 17.7. The molecule has 5 atom stereocenters. The average Bonchev–Trinajstić information content (AvgIpc) is 3.52. The van der Waals surface area contributed by atoms with Crippen LogP contribution < -0.4 is 0 Å². The van der Waals surface area contributed by atoms with Crippen LogP contribution in [0.15, 0.2) is 57.3 Å². The monoisotopic (exact) mass is 514 g/mol. The van der Waals surface area contributed by atoms with Crippen molar-refractivity contribution in [3.63, 3.8) is 0 Å². The second-order valence-corrected chi connectivity index (χ2v) is 9.95. The van der Waals surface area contributed by atoms with Gasteiger partial charge in [-0.3, -0.25) is 0 Å². The smallest absolute Gasteiger partial charge is 0.248 e. The van der Waals surface area contributed by atoms with E-state index in [1.807, 2.05) is 13.8 Å². The Morgan fingerprint density at radius 2 is 2.05 bits per heavy atom. The second-order valence-electron chi connectivity index (χ2n) is 9.95. The molecule has 3 rings (SSSR count). The molecule has 8 nitrogen and oxygen atoms in total. The minimum absolute atomic E-state index is 0.235. The summed E-state index contributed by atoms with van der Waals surface area (Å²) >= 11 is 0. The first-order valence-corrected chi connectivity index (χ1v) is 13.0. The topological polar surface area (TPSA) is 100.0 Å². The molecule has 1 aliphatic heterocycles. The second kappa shape index (κ2) is 13.9. The summed E-state index contributed by atoms with van der Waals surface area (Å²) in [6.07, 6.45) is 16.9. The summed E-state index contributed by atoms with van der Waals surface area (Å²) in [4.78, 5) is 9.12. The number of hydrogen-bond acceptors (Lipinski definition) is 8. The number of methoxy groups -OCH3 is 2. The zero-order valence-corrected chi connectivity index (χ0v) is 23.0. The maximum Gasteiger partial charge on any atom is 0.248 e. The number of rotatable bonds is 13. The molecule has 0 aromatic carbocycles. The number of aliphatic hydroxyl groups is 1. The van der Waals surface area contributed by atoms with Gasteiger partial charge in [-0.25, -0.2) is 9.97 Å². The summed E-state index contributed by atoms with van der Waals surface area (Å²) in [7, 11) is 3.21. The van der Waals surface area contributed by atoms with Crippen LogP contribution in [0.5, 0.6) is 0 Å². The van der Waals surface area contributed by atoms with Gasteiger partial charge in [-0.1, -0.05) is 42.9 Å². The Kier molecular flexibility index (Phi) is 10.9. The van der Waals surface area contributed by atoms with E-state index in [9.17, 15) is 5.11 Å². The molecule has 2 aromatic rings. The molecule has 0 unspecified atom stereocenters. The van der Waals surface area contributed by atoms with E-state index in [1.165, 1.54) is 5.57 Å². The third kappa shape index (κ3) is 8.78. The zero-order valence-electron chi connectivity index (χ0n) is 23.0. The Labute approximate surface area is 220 Å². The van der Waals surface area contributed by atoms with Crippen LogP contribution in [0.4, 0.5) is 0 Å². The van der Waals surface area contributed by atoms with Gasteiger partial charge in [-0.15, -0.1) is 0 Å². The Bertz CT molecular complexity index is 1050. The summed E-state index contributed by atoms with van der Waals surface area (Å²) in [5.41, 5.74) is 2.54. The minimum Gasteiger partial charge on any atom is -0.448 e. The highest BCUT2D eigenvalue weighted by Crippen LogP contribution is 2.35. The molecule has 0 saturated carbocycles. The van der Waals surface area contributed by atoms with Crippen molar-refractivity contribution in [3.8, 4) is 11.6 Å². The Hall–Kier alpha value is -2.52. The van der Waals surface area contributed by atoms with Gasteiger partial charge in [-0.05, 0) is 46.0 Å². The summed E-state index contributed by atoms with van der Waals surface area (Å²) in [5.74, 6) is 0.659. The molecule has 1 aliphatic rings. The predicted octanol–water partition coefficient (Wildman–Crippen LogP) is 6.35. The van der Waals surface area contributed by atoms with Crippen molar-refractivity contribution in [1.82, 2.24) is 9.97 Å². The quantitative estimate of drug-likeness (QED) is 0.309. The highest BCUT2D eigenvalue weighted by Gasteiger charge is 2.39. The lowest BCUT2D eigenvalue weighted by atomic mass is 9.95. The Balaban J connectivity index is 1.53. The molecule has 0 amide bonds. The van der Waals surface area contributed by atoms with Crippen molar-refractivity contribution >= 4 is 0 Å². The number of aliphatic hydroxyl groups excluding tert-OH is 1. The normalized spacial score (nSPS) is 24.8. The lowest BCUT2D eigenvalue weighted by Gasteiger charge is -2.40. The lowest BCUT2D eigenvalue weighted by Crippen LogP contribution is -2.45. The Morgan fingerprint density at radius 1 is 1.24 bits per heavy atom. The first-order valence-electron chi connectivity index (χ1n) is 13.0. The van der Waals surface area contributed by atoms with E-state index in [4.69, 9.17) is 23.0 Å². The molecule has 1 N–H and O–H groups in total. The van der Waals surface area contributed by atoms with Crippen molar-refractivity contribution in [2.24, 2.45) is 5.92 Å². The third-order valence-corrected chi connectivity index (χ3v) is 6.55. The van der Waals surface area contributed by atoms with Crippen LogP contribution in [0, 0.1) is 5.92 Å². The highest BCUT2D eigenvalue weighted by atomic mass is 16.7. The van der Waals surface area contributed by atoms with Gasteiger partial charge in [0, 0.05) is 33.5 Å². The average molecular weight is 515 g/mol. The van der Waals surface area contributed by atoms with Gasteiger partial charge in [0.05, 0.1) is 12.2 Å². The maximum atomic E-state index is 10.3. The van der Waals surface area contributed by atoms with Gasteiger partial charge in [0.15, 0.2) is 17.4 Å². The van der Waals surface area contributed by atoms with E-state index in [-0.39, 0.29) is 12.2 Å². The van der Waals surface area contributed by atoms with Crippen LogP contribution in [-0.2, 0) is 20.6 Å². The molecule has 8 heteroatoms.